The molecule has 0 saturated carbocycles. The largest absolute Gasteiger partial charge is 0.388 e. The van der Waals surface area contributed by atoms with E-state index in [1.54, 1.807) is 12.3 Å². The van der Waals surface area contributed by atoms with Crippen molar-refractivity contribution in [1.82, 2.24) is 9.97 Å². The number of hydrogen-bond acceptors (Lipinski definition) is 5. The van der Waals surface area contributed by atoms with Gasteiger partial charge in [0.25, 0.3) is 0 Å². The highest BCUT2D eigenvalue weighted by Gasteiger charge is 2.05. The molecule has 6 heteroatoms. The van der Waals surface area contributed by atoms with Gasteiger partial charge in [-0.2, -0.15) is 0 Å². The molecule has 1 heterocycles. The minimum atomic E-state index is 0.258. The Labute approximate surface area is 123 Å². The van der Waals surface area contributed by atoms with E-state index in [9.17, 15) is 0 Å². The Hall–Kier alpha value is -2.21. The van der Waals surface area contributed by atoms with Crippen molar-refractivity contribution in [3.05, 3.63) is 41.7 Å². The zero-order chi connectivity index (χ0) is 14.7. The van der Waals surface area contributed by atoms with Crippen LogP contribution in [0.15, 0.2) is 30.5 Å². The van der Waals surface area contributed by atoms with Crippen LogP contribution >= 0.6 is 12.2 Å². The van der Waals surface area contributed by atoms with Gasteiger partial charge in [0.1, 0.15) is 10.7 Å². The van der Waals surface area contributed by atoms with Crippen LogP contribution in [-0.4, -0.2) is 29.1 Å². The fourth-order valence-electron chi connectivity index (χ4n) is 1.85. The third kappa shape index (κ3) is 3.21. The van der Waals surface area contributed by atoms with Gasteiger partial charge in [-0.15, -0.1) is 0 Å². The quantitative estimate of drug-likeness (QED) is 0.841. The van der Waals surface area contributed by atoms with Gasteiger partial charge in [0.2, 0.25) is 5.95 Å². The molecule has 0 aliphatic heterocycles. The molecule has 0 amide bonds. The molecule has 0 aliphatic rings. The number of nitrogens with two attached hydrogens (primary N) is 1. The van der Waals surface area contributed by atoms with Gasteiger partial charge >= 0.3 is 0 Å². The molecule has 0 radical (unpaired) electrons. The molecule has 1 aromatic heterocycles. The van der Waals surface area contributed by atoms with E-state index in [1.165, 1.54) is 5.56 Å². The molecule has 2 aromatic rings. The first-order chi connectivity index (χ1) is 9.47. The van der Waals surface area contributed by atoms with E-state index in [1.807, 2.05) is 26.2 Å². The maximum Gasteiger partial charge on any atom is 0.227 e. The molecule has 0 bridgehead atoms. The smallest absolute Gasteiger partial charge is 0.227 e. The first-order valence-corrected chi connectivity index (χ1v) is 6.56. The van der Waals surface area contributed by atoms with Gasteiger partial charge in [-0.05, 0) is 30.7 Å². The zero-order valence-corrected chi connectivity index (χ0v) is 12.5. The minimum Gasteiger partial charge on any atom is -0.388 e. The summed E-state index contributed by atoms with van der Waals surface area (Å²) in [7, 11) is 4.02. The van der Waals surface area contributed by atoms with Crippen LogP contribution in [0.5, 0.6) is 0 Å². The molecular weight excluding hydrogens is 270 g/mol. The Morgan fingerprint density at radius 3 is 2.70 bits per heavy atom. The third-order valence-electron chi connectivity index (χ3n) is 2.86. The molecule has 20 heavy (non-hydrogen) atoms. The SMILES string of the molecule is Cc1ccc(Nc2nccc(C(N)=S)n2)cc1N(C)C. The summed E-state index contributed by atoms with van der Waals surface area (Å²) in [5, 5.41) is 3.16. The number of rotatable bonds is 4. The van der Waals surface area contributed by atoms with Crippen LogP contribution < -0.4 is 16.0 Å². The lowest BCUT2D eigenvalue weighted by atomic mass is 10.1. The van der Waals surface area contributed by atoms with Crippen LogP contribution in [0.1, 0.15) is 11.3 Å². The summed E-state index contributed by atoms with van der Waals surface area (Å²) >= 11 is 4.91. The highest BCUT2D eigenvalue weighted by atomic mass is 32.1. The first-order valence-electron chi connectivity index (χ1n) is 6.15. The maximum absolute atomic E-state index is 5.57. The van der Waals surface area contributed by atoms with E-state index in [0.717, 1.165) is 11.4 Å². The Morgan fingerprint density at radius 2 is 2.05 bits per heavy atom. The van der Waals surface area contributed by atoms with Crippen molar-refractivity contribution in [2.75, 3.05) is 24.3 Å². The Morgan fingerprint density at radius 1 is 1.30 bits per heavy atom. The number of hydrogen-bond donors (Lipinski definition) is 2. The second-order valence-electron chi connectivity index (χ2n) is 4.65. The first kappa shape index (κ1) is 14.2. The van der Waals surface area contributed by atoms with Gasteiger partial charge in [0.15, 0.2) is 0 Å². The highest BCUT2D eigenvalue weighted by Crippen LogP contribution is 2.24. The van der Waals surface area contributed by atoms with Gasteiger partial charge in [-0.1, -0.05) is 18.3 Å². The fourth-order valence-corrected chi connectivity index (χ4v) is 1.97. The Balaban J connectivity index is 2.28. The fraction of sp³-hybridized carbons (Fsp3) is 0.214. The lowest BCUT2D eigenvalue weighted by molar-refractivity contribution is 1.11. The van der Waals surface area contributed by atoms with Crippen LogP contribution in [0.2, 0.25) is 0 Å². The summed E-state index contributed by atoms with van der Waals surface area (Å²) in [6.45, 7) is 2.07. The second-order valence-corrected chi connectivity index (χ2v) is 5.09. The molecule has 104 valence electrons. The number of nitrogens with zero attached hydrogens (tertiary/aromatic N) is 3. The molecule has 5 nitrogen and oxygen atoms in total. The van der Waals surface area contributed by atoms with Crippen molar-refractivity contribution >= 4 is 34.5 Å². The molecule has 0 saturated heterocycles. The normalized spacial score (nSPS) is 10.2. The summed E-state index contributed by atoms with van der Waals surface area (Å²) < 4.78 is 0. The van der Waals surface area contributed by atoms with E-state index in [0.29, 0.717) is 11.6 Å². The molecule has 1 aromatic carbocycles. The number of aryl methyl sites for hydroxylation is 1. The second kappa shape index (κ2) is 5.83. The maximum atomic E-state index is 5.57. The number of aromatic nitrogens is 2. The van der Waals surface area contributed by atoms with Crippen LogP contribution in [-0.2, 0) is 0 Å². The monoisotopic (exact) mass is 287 g/mol. The zero-order valence-electron chi connectivity index (χ0n) is 11.7. The van der Waals surface area contributed by atoms with Crippen molar-refractivity contribution < 1.29 is 0 Å². The average molecular weight is 287 g/mol. The predicted octanol–water partition coefficient (Wildman–Crippen LogP) is 2.23. The van der Waals surface area contributed by atoms with Crippen LogP contribution in [0.25, 0.3) is 0 Å². The summed E-state index contributed by atoms with van der Waals surface area (Å²) in [6, 6.07) is 7.77. The molecule has 0 unspecified atom stereocenters. The van der Waals surface area contributed by atoms with E-state index in [-0.39, 0.29) is 4.99 Å². The number of thiocarbonyl (C=S) groups is 1. The van der Waals surface area contributed by atoms with E-state index in [4.69, 9.17) is 18.0 Å². The Kier molecular flexibility index (Phi) is 4.14. The summed E-state index contributed by atoms with van der Waals surface area (Å²) in [5.41, 5.74) is 9.38. The summed E-state index contributed by atoms with van der Waals surface area (Å²) in [5.74, 6) is 0.476. The average Bonchev–Trinajstić information content (AvgIpc) is 2.41. The van der Waals surface area contributed by atoms with Crippen molar-refractivity contribution in [2.24, 2.45) is 5.73 Å². The Bertz CT molecular complexity index is 639. The molecule has 0 aliphatic carbocycles. The summed E-state index contributed by atoms with van der Waals surface area (Å²) in [6.07, 6.45) is 1.63. The molecule has 0 spiro atoms. The molecule has 0 atom stereocenters. The van der Waals surface area contributed by atoms with Gasteiger partial charge in [-0.25, -0.2) is 9.97 Å². The van der Waals surface area contributed by atoms with Gasteiger partial charge in [-0.3, -0.25) is 0 Å². The molecule has 2 rings (SSSR count). The van der Waals surface area contributed by atoms with Crippen LogP contribution in [0.4, 0.5) is 17.3 Å². The molecular formula is C14H17N5S. The lowest BCUT2D eigenvalue weighted by Gasteiger charge is -2.17. The van der Waals surface area contributed by atoms with E-state index in [2.05, 4.69) is 33.2 Å². The van der Waals surface area contributed by atoms with E-state index < -0.39 is 0 Å². The number of nitrogens with one attached hydrogen (secondary N) is 1. The van der Waals surface area contributed by atoms with Gasteiger partial charge < -0.3 is 16.0 Å². The molecule has 0 fully saturated rings. The topological polar surface area (TPSA) is 67.1 Å². The lowest BCUT2D eigenvalue weighted by Crippen LogP contribution is -2.13. The highest BCUT2D eigenvalue weighted by molar-refractivity contribution is 7.80. The van der Waals surface area contributed by atoms with Crippen molar-refractivity contribution in [2.45, 2.75) is 6.92 Å². The minimum absolute atomic E-state index is 0.258. The molecule has 3 N–H and O–H groups in total. The van der Waals surface area contributed by atoms with Gasteiger partial charge in [0.05, 0.1) is 0 Å². The van der Waals surface area contributed by atoms with Crippen molar-refractivity contribution in [1.29, 1.82) is 0 Å². The predicted molar refractivity (Wildman–Crippen MR) is 86.7 cm³/mol. The van der Waals surface area contributed by atoms with Gasteiger partial charge in [0, 0.05) is 31.7 Å². The standard InChI is InChI=1S/C14H17N5S/c1-9-4-5-10(8-12(9)19(2)3)17-14-16-7-6-11(18-14)13(15)20/h4-8H,1-3H3,(H2,15,20)(H,16,17,18). The van der Waals surface area contributed by atoms with E-state index >= 15 is 0 Å². The number of anilines is 3. The van der Waals surface area contributed by atoms with Crippen molar-refractivity contribution in [3.63, 3.8) is 0 Å². The number of benzene rings is 1. The van der Waals surface area contributed by atoms with Crippen molar-refractivity contribution in [3.8, 4) is 0 Å². The van der Waals surface area contributed by atoms with Crippen LogP contribution in [0, 0.1) is 6.92 Å². The van der Waals surface area contributed by atoms with Crippen LogP contribution in [0.3, 0.4) is 0 Å². The third-order valence-corrected chi connectivity index (χ3v) is 3.06. The summed E-state index contributed by atoms with van der Waals surface area (Å²) in [4.78, 5) is 10.7.